The van der Waals surface area contributed by atoms with E-state index in [1.807, 2.05) is 12.1 Å². The second-order valence-corrected chi connectivity index (χ2v) is 5.78. The van der Waals surface area contributed by atoms with Gasteiger partial charge in [0.2, 0.25) is 5.91 Å². The van der Waals surface area contributed by atoms with Gasteiger partial charge in [-0.15, -0.1) is 0 Å². The number of aromatic amines is 1. The van der Waals surface area contributed by atoms with Gasteiger partial charge in [-0.3, -0.25) is 9.63 Å². The number of carbonyl (C=O) groups excluding carboxylic acids is 1. The molecule has 5 heteroatoms. The molecule has 22 heavy (non-hydrogen) atoms. The Morgan fingerprint density at radius 3 is 3.00 bits per heavy atom. The van der Waals surface area contributed by atoms with Crippen LogP contribution < -0.4 is 0 Å². The summed E-state index contributed by atoms with van der Waals surface area (Å²) >= 11 is 0. The molecule has 1 fully saturated rings. The van der Waals surface area contributed by atoms with Crippen molar-refractivity contribution >= 4 is 16.8 Å². The Balaban J connectivity index is 1.95. The maximum atomic E-state index is 12.4. The topological polar surface area (TPSA) is 69.1 Å². The largest absolute Gasteiger partial charge is 0.360 e. The molecule has 1 heterocycles. The van der Waals surface area contributed by atoms with E-state index in [1.165, 1.54) is 12.2 Å². The molecule has 1 aliphatic rings. The number of nitrogens with zero attached hydrogens (tertiary/aromatic N) is 2. The third kappa shape index (κ3) is 2.36. The van der Waals surface area contributed by atoms with Gasteiger partial charge in [-0.2, -0.15) is 5.26 Å². The van der Waals surface area contributed by atoms with Crippen molar-refractivity contribution in [2.45, 2.75) is 25.2 Å². The number of H-pyrrole nitrogens is 1. The minimum Gasteiger partial charge on any atom is -0.360 e. The molecular formula is C17H19N3O2. The van der Waals surface area contributed by atoms with Gasteiger partial charge >= 0.3 is 0 Å². The molecule has 1 aromatic heterocycles. The van der Waals surface area contributed by atoms with Gasteiger partial charge in [0.25, 0.3) is 0 Å². The van der Waals surface area contributed by atoms with Gasteiger partial charge in [-0.1, -0.05) is 12.5 Å². The number of benzene rings is 1. The lowest BCUT2D eigenvalue weighted by Gasteiger charge is -2.23. The molecule has 1 amide bonds. The second kappa shape index (κ2) is 5.82. The van der Waals surface area contributed by atoms with Crippen LogP contribution in [0.1, 0.15) is 36.3 Å². The Labute approximate surface area is 129 Å². The molecule has 1 aromatic carbocycles. The van der Waals surface area contributed by atoms with Crippen LogP contribution in [0.2, 0.25) is 0 Å². The van der Waals surface area contributed by atoms with Gasteiger partial charge in [-0.25, -0.2) is 5.06 Å². The number of nitrogens with one attached hydrogen (secondary N) is 1. The van der Waals surface area contributed by atoms with Crippen molar-refractivity contribution in [1.29, 1.82) is 5.26 Å². The van der Waals surface area contributed by atoms with Gasteiger partial charge in [0.15, 0.2) is 0 Å². The van der Waals surface area contributed by atoms with Crippen LogP contribution in [-0.2, 0) is 9.63 Å². The Morgan fingerprint density at radius 2 is 2.27 bits per heavy atom. The summed E-state index contributed by atoms with van der Waals surface area (Å²) in [5.41, 5.74) is 2.73. The van der Waals surface area contributed by atoms with E-state index in [2.05, 4.69) is 17.1 Å². The van der Waals surface area contributed by atoms with Crippen LogP contribution >= 0.6 is 0 Å². The number of rotatable bonds is 3. The first kappa shape index (κ1) is 14.6. The molecule has 0 spiro atoms. The molecule has 1 aliphatic carbocycles. The van der Waals surface area contributed by atoms with Crippen LogP contribution in [0.15, 0.2) is 24.4 Å². The number of fused-ring (bicyclic) bond motifs is 1. The van der Waals surface area contributed by atoms with E-state index >= 15 is 0 Å². The lowest BCUT2D eigenvalue weighted by molar-refractivity contribution is -0.173. The highest BCUT2D eigenvalue weighted by molar-refractivity contribution is 5.86. The Bertz CT molecular complexity index is 744. The predicted molar refractivity (Wildman–Crippen MR) is 82.9 cm³/mol. The fraction of sp³-hybridized carbons (Fsp3) is 0.412. The van der Waals surface area contributed by atoms with Crippen molar-refractivity contribution in [3.05, 3.63) is 35.5 Å². The minimum atomic E-state index is -0.0492. The summed E-state index contributed by atoms with van der Waals surface area (Å²) in [6.45, 7) is 0. The number of amides is 1. The van der Waals surface area contributed by atoms with Crippen LogP contribution in [0.5, 0.6) is 0 Å². The Morgan fingerprint density at radius 1 is 1.45 bits per heavy atom. The molecular weight excluding hydrogens is 278 g/mol. The summed E-state index contributed by atoms with van der Waals surface area (Å²) in [6.07, 6.45) is 4.64. The first-order valence-electron chi connectivity index (χ1n) is 7.48. The zero-order valence-electron chi connectivity index (χ0n) is 12.8. The van der Waals surface area contributed by atoms with Crippen molar-refractivity contribution in [3.8, 4) is 6.07 Å². The van der Waals surface area contributed by atoms with Crippen molar-refractivity contribution in [1.82, 2.24) is 10.0 Å². The van der Waals surface area contributed by atoms with Crippen LogP contribution in [0.4, 0.5) is 0 Å². The molecule has 0 aliphatic heterocycles. The normalized spacial score (nSPS) is 21.0. The Kier molecular flexibility index (Phi) is 3.86. The highest BCUT2D eigenvalue weighted by Crippen LogP contribution is 2.41. The molecule has 0 saturated heterocycles. The highest BCUT2D eigenvalue weighted by atomic mass is 16.7. The van der Waals surface area contributed by atoms with Gasteiger partial charge < -0.3 is 4.98 Å². The molecule has 0 radical (unpaired) electrons. The third-order valence-corrected chi connectivity index (χ3v) is 4.67. The number of carbonyl (C=O) groups is 1. The molecule has 3 rings (SSSR count). The molecule has 0 bridgehead atoms. The van der Waals surface area contributed by atoms with Crippen LogP contribution in [0.25, 0.3) is 10.9 Å². The first-order valence-corrected chi connectivity index (χ1v) is 7.48. The first-order chi connectivity index (χ1) is 10.7. The minimum absolute atomic E-state index is 0.0275. The standard InChI is InChI=1S/C17H19N3O2/c1-20(22-2)17(21)14-5-3-4-13(14)11-6-7-16-15(8-11)12(9-18)10-19-16/h6-8,10,13-14,19H,3-5H2,1-2H3. The van der Waals surface area contributed by atoms with E-state index in [9.17, 15) is 10.1 Å². The second-order valence-electron chi connectivity index (χ2n) is 5.78. The Hall–Kier alpha value is -2.32. The number of aromatic nitrogens is 1. The summed E-state index contributed by atoms with van der Waals surface area (Å²) in [5.74, 6) is 0.169. The van der Waals surface area contributed by atoms with Gasteiger partial charge in [0.1, 0.15) is 6.07 Å². The highest BCUT2D eigenvalue weighted by Gasteiger charge is 2.36. The van der Waals surface area contributed by atoms with Gasteiger partial charge in [0, 0.05) is 30.1 Å². The molecule has 5 nitrogen and oxygen atoms in total. The maximum Gasteiger partial charge on any atom is 0.249 e. The van der Waals surface area contributed by atoms with E-state index in [-0.39, 0.29) is 17.7 Å². The summed E-state index contributed by atoms with van der Waals surface area (Å²) in [4.78, 5) is 20.6. The summed E-state index contributed by atoms with van der Waals surface area (Å²) < 4.78 is 0. The lowest BCUT2D eigenvalue weighted by atomic mass is 9.87. The number of hydrogen-bond donors (Lipinski definition) is 1. The molecule has 1 saturated carbocycles. The molecule has 1 N–H and O–H groups in total. The van der Waals surface area contributed by atoms with Crippen molar-refractivity contribution in [3.63, 3.8) is 0 Å². The van der Waals surface area contributed by atoms with E-state index in [0.717, 1.165) is 35.7 Å². The average Bonchev–Trinajstić information content (AvgIpc) is 3.18. The molecule has 114 valence electrons. The SMILES string of the molecule is CON(C)C(=O)C1CCCC1c1ccc2[nH]cc(C#N)c2c1. The number of hydrogen-bond acceptors (Lipinski definition) is 3. The van der Waals surface area contributed by atoms with Gasteiger partial charge in [0.05, 0.1) is 12.7 Å². The fourth-order valence-corrected chi connectivity index (χ4v) is 3.44. The van der Waals surface area contributed by atoms with Crippen molar-refractivity contribution in [2.24, 2.45) is 5.92 Å². The number of hydroxylamine groups is 2. The summed E-state index contributed by atoms with van der Waals surface area (Å²) in [7, 11) is 3.16. The number of nitriles is 1. The molecule has 2 aromatic rings. The fourth-order valence-electron chi connectivity index (χ4n) is 3.44. The van der Waals surface area contributed by atoms with Crippen LogP contribution in [-0.4, -0.2) is 30.1 Å². The van der Waals surface area contributed by atoms with Crippen LogP contribution in [0.3, 0.4) is 0 Å². The average molecular weight is 297 g/mol. The quantitative estimate of drug-likeness (QED) is 0.886. The predicted octanol–water partition coefficient (Wildman–Crippen LogP) is 2.94. The van der Waals surface area contributed by atoms with E-state index in [0.29, 0.717) is 5.56 Å². The van der Waals surface area contributed by atoms with Crippen LogP contribution in [0, 0.1) is 17.2 Å². The van der Waals surface area contributed by atoms with E-state index in [4.69, 9.17) is 4.84 Å². The monoisotopic (exact) mass is 297 g/mol. The summed E-state index contributed by atoms with van der Waals surface area (Å²) in [5, 5.41) is 11.4. The van der Waals surface area contributed by atoms with Crippen molar-refractivity contribution in [2.75, 3.05) is 14.2 Å². The van der Waals surface area contributed by atoms with Crippen molar-refractivity contribution < 1.29 is 9.63 Å². The maximum absolute atomic E-state index is 12.4. The zero-order valence-corrected chi connectivity index (χ0v) is 12.8. The lowest BCUT2D eigenvalue weighted by Crippen LogP contribution is -2.33. The zero-order chi connectivity index (χ0) is 15.7. The summed E-state index contributed by atoms with van der Waals surface area (Å²) in [6, 6.07) is 8.30. The smallest absolute Gasteiger partial charge is 0.249 e. The van der Waals surface area contributed by atoms with Gasteiger partial charge in [-0.05, 0) is 36.5 Å². The third-order valence-electron chi connectivity index (χ3n) is 4.67. The molecule has 2 atom stereocenters. The van der Waals surface area contributed by atoms with E-state index < -0.39 is 0 Å². The van der Waals surface area contributed by atoms with E-state index in [1.54, 1.807) is 13.2 Å². The molecule has 2 unspecified atom stereocenters.